The molecule has 3 aromatic rings. The van der Waals surface area contributed by atoms with Crippen LogP contribution in [0.5, 0.6) is 5.75 Å². The molecule has 0 aliphatic heterocycles. The Hall–Kier alpha value is -3.28. The van der Waals surface area contributed by atoms with E-state index in [9.17, 15) is 0 Å². The fourth-order valence-corrected chi connectivity index (χ4v) is 3.08. The van der Waals surface area contributed by atoms with Crippen LogP contribution in [0, 0.1) is 0 Å². The molecule has 0 atom stereocenters. The first-order chi connectivity index (χ1) is 13.8. The lowest BCUT2D eigenvalue weighted by molar-refractivity contribution is 0.415. The fraction of sp³-hybridized carbons (Fsp3) is 0.304. The number of aliphatic imine (C=N–C) groups is 2. The molecule has 29 heavy (non-hydrogen) atoms. The fourth-order valence-electron chi connectivity index (χ4n) is 3.08. The van der Waals surface area contributed by atoms with Gasteiger partial charge in [0.2, 0.25) is 0 Å². The molecule has 1 aromatic heterocycles. The Morgan fingerprint density at radius 1 is 0.862 bits per heavy atom. The summed E-state index contributed by atoms with van der Waals surface area (Å²) in [6.45, 7) is 7.95. The molecule has 0 unspecified atom stereocenters. The second-order valence-corrected chi connectivity index (χ2v) is 7.49. The van der Waals surface area contributed by atoms with Crippen LogP contribution in [0.3, 0.4) is 0 Å². The van der Waals surface area contributed by atoms with Crippen molar-refractivity contribution in [1.82, 2.24) is 0 Å². The quantitative estimate of drug-likeness (QED) is 0.481. The van der Waals surface area contributed by atoms with Crippen molar-refractivity contribution >= 4 is 22.6 Å². The number of nitrogens with zero attached hydrogens (tertiary/aromatic N) is 2. The predicted molar refractivity (Wildman–Crippen MR) is 120 cm³/mol. The van der Waals surface area contributed by atoms with E-state index in [0.717, 1.165) is 27.7 Å². The second kappa shape index (κ2) is 8.39. The minimum atomic E-state index is 0.122. The first-order valence-electron chi connectivity index (χ1n) is 9.67. The normalized spacial score (nSPS) is 12.9. The molecule has 0 aliphatic carbocycles. The average Bonchev–Trinajstić information content (AvgIpc) is 3.09. The molecule has 0 saturated heterocycles. The van der Waals surface area contributed by atoms with E-state index in [1.807, 2.05) is 70.2 Å². The number of hydrogen-bond acceptors (Lipinski definition) is 4. The van der Waals surface area contributed by atoms with E-state index in [-0.39, 0.29) is 12.1 Å². The Labute approximate surface area is 171 Å². The third-order valence-corrected chi connectivity index (χ3v) is 4.37. The summed E-state index contributed by atoms with van der Waals surface area (Å²) >= 11 is 0. The maximum Gasteiger partial charge on any atom is 0.139 e. The van der Waals surface area contributed by atoms with Crippen molar-refractivity contribution in [3.63, 3.8) is 0 Å². The summed E-state index contributed by atoms with van der Waals surface area (Å²) in [4.78, 5) is 8.80. The second-order valence-electron chi connectivity index (χ2n) is 7.49. The van der Waals surface area contributed by atoms with Crippen molar-refractivity contribution in [3.8, 4) is 17.1 Å². The van der Waals surface area contributed by atoms with Crippen molar-refractivity contribution in [2.45, 2.75) is 39.8 Å². The zero-order valence-electron chi connectivity index (χ0n) is 17.6. The van der Waals surface area contributed by atoms with Gasteiger partial charge in [0, 0.05) is 28.6 Å². The number of methoxy groups -OCH3 is 1. The molecule has 3 rings (SSSR count). The highest BCUT2D eigenvalue weighted by Crippen LogP contribution is 2.35. The molecule has 0 radical (unpaired) electrons. The van der Waals surface area contributed by atoms with Crippen LogP contribution in [0.15, 0.2) is 56.9 Å². The summed E-state index contributed by atoms with van der Waals surface area (Å²) in [5.74, 6) is 2.37. The number of furan rings is 1. The van der Waals surface area contributed by atoms with Crippen LogP contribution in [0.2, 0.25) is 0 Å². The number of ether oxygens (including phenoxy) is 1. The summed E-state index contributed by atoms with van der Waals surface area (Å²) in [6, 6.07) is 13.8. The average molecular weight is 393 g/mol. The number of hydrogen-bond donors (Lipinski definition) is 2. The van der Waals surface area contributed by atoms with Crippen LogP contribution >= 0.6 is 0 Å². The Morgan fingerprint density at radius 3 is 2.03 bits per heavy atom. The van der Waals surface area contributed by atoms with E-state index in [1.165, 1.54) is 0 Å². The number of benzene rings is 2. The van der Waals surface area contributed by atoms with E-state index in [0.29, 0.717) is 23.2 Å². The lowest BCUT2D eigenvalue weighted by Crippen LogP contribution is -2.15. The van der Waals surface area contributed by atoms with Gasteiger partial charge in [-0.15, -0.1) is 0 Å². The minimum Gasteiger partial charge on any atom is -0.496 e. The lowest BCUT2D eigenvalue weighted by atomic mass is 10.1. The molecule has 0 fully saturated rings. The molecule has 152 valence electrons. The monoisotopic (exact) mass is 392 g/mol. The first-order valence-corrected chi connectivity index (χ1v) is 9.67. The zero-order chi connectivity index (χ0) is 21.1. The maximum absolute atomic E-state index is 6.11. The van der Waals surface area contributed by atoms with Crippen molar-refractivity contribution in [3.05, 3.63) is 53.6 Å². The Kier molecular flexibility index (Phi) is 5.92. The Morgan fingerprint density at radius 2 is 1.45 bits per heavy atom. The SMILES string of the molecule is COc1cc(C(N)=NC(C)C)ccc1-c1cc2ccc(C(N)=NC(C)C)cc2o1. The van der Waals surface area contributed by atoms with Crippen molar-refractivity contribution in [1.29, 1.82) is 0 Å². The van der Waals surface area contributed by atoms with E-state index in [1.54, 1.807) is 7.11 Å². The summed E-state index contributed by atoms with van der Waals surface area (Å²) in [6.07, 6.45) is 0. The van der Waals surface area contributed by atoms with E-state index >= 15 is 0 Å². The molecule has 6 heteroatoms. The molecule has 2 aromatic carbocycles. The number of fused-ring (bicyclic) bond motifs is 1. The third kappa shape index (κ3) is 4.59. The van der Waals surface area contributed by atoms with Crippen LogP contribution in [0.25, 0.3) is 22.3 Å². The summed E-state index contributed by atoms with van der Waals surface area (Å²) < 4.78 is 11.7. The van der Waals surface area contributed by atoms with Gasteiger partial charge in [-0.25, -0.2) is 0 Å². The van der Waals surface area contributed by atoms with Gasteiger partial charge in [-0.05, 0) is 52.0 Å². The highest BCUT2D eigenvalue weighted by Gasteiger charge is 2.14. The van der Waals surface area contributed by atoms with E-state index in [2.05, 4.69) is 9.98 Å². The molecule has 6 nitrogen and oxygen atoms in total. The third-order valence-electron chi connectivity index (χ3n) is 4.37. The van der Waals surface area contributed by atoms with Crippen LogP contribution in [-0.2, 0) is 0 Å². The van der Waals surface area contributed by atoms with E-state index in [4.69, 9.17) is 20.6 Å². The van der Waals surface area contributed by atoms with Gasteiger partial charge in [-0.1, -0.05) is 18.2 Å². The highest BCUT2D eigenvalue weighted by atomic mass is 16.5. The summed E-state index contributed by atoms with van der Waals surface area (Å²) in [7, 11) is 1.63. The van der Waals surface area contributed by atoms with Crippen LogP contribution in [0.4, 0.5) is 0 Å². The number of nitrogens with two attached hydrogens (primary N) is 2. The molecule has 1 heterocycles. The van der Waals surface area contributed by atoms with Gasteiger partial charge >= 0.3 is 0 Å². The van der Waals surface area contributed by atoms with Gasteiger partial charge in [-0.2, -0.15) is 0 Å². The van der Waals surface area contributed by atoms with Crippen LogP contribution in [-0.4, -0.2) is 30.9 Å². The Bertz CT molecular complexity index is 1080. The van der Waals surface area contributed by atoms with E-state index < -0.39 is 0 Å². The molecule has 0 spiro atoms. The number of amidine groups is 2. The summed E-state index contributed by atoms with van der Waals surface area (Å²) in [5, 5.41) is 0.980. The van der Waals surface area contributed by atoms with Gasteiger partial charge in [0.05, 0.1) is 12.7 Å². The van der Waals surface area contributed by atoms with Crippen molar-refractivity contribution < 1.29 is 9.15 Å². The predicted octanol–water partition coefficient (Wildman–Crippen LogP) is 4.34. The largest absolute Gasteiger partial charge is 0.496 e. The van der Waals surface area contributed by atoms with Crippen LogP contribution in [0.1, 0.15) is 38.8 Å². The molecule has 0 saturated carbocycles. The molecule has 4 N–H and O–H groups in total. The van der Waals surface area contributed by atoms with Gasteiger partial charge in [0.1, 0.15) is 28.8 Å². The van der Waals surface area contributed by atoms with Crippen LogP contribution < -0.4 is 16.2 Å². The lowest BCUT2D eigenvalue weighted by Gasteiger charge is -2.09. The van der Waals surface area contributed by atoms with Gasteiger partial charge in [0.25, 0.3) is 0 Å². The highest BCUT2D eigenvalue weighted by molar-refractivity contribution is 6.01. The molecular weight excluding hydrogens is 364 g/mol. The molecular formula is C23H28N4O2. The number of rotatable bonds is 6. The zero-order valence-corrected chi connectivity index (χ0v) is 17.6. The van der Waals surface area contributed by atoms with Gasteiger partial charge in [-0.3, -0.25) is 9.98 Å². The summed E-state index contributed by atoms with van der Waals surface area (Å²) in [5.41, 5.74) is 15.4. The standard InChI is InChI=1S/C23H28N4O2/c1-13(2)26-22(24)16-7-6-15-10-21(29-19(15)11-16)18-9-8-17(12-20(18)28-5)23(25)27-14(3)4/h6-14H,1-5H3,(H2,24,26)(H2,25,27). The first kappa shape index (κ1) is 20.5. The molecule has 0 bridgehead atoms. The van der Waals surface area contributed by atoms with Gasteiger partial charge < -0.3 is 20.6 Å². The van der Waals surface area contributed by atoms with Crippen molar-refractivity contribution in [2.75, 3.05) is 7.11 Å². The smallest absolute Gasteiger partial charge is 0.139 e. The van der Waals surface area contributed by atoms with Gasteiger partial charge in [0.15, 0.2) is 0 Å². The molecule has 0 aliphatic rings. The van der Waals surface area contributed by atoms with Crippen molar-refractivity contribution in [2.24, 2.45) is 21.5 Å². The molecule has 0 amide bonds. The maximum atomic E-state index is 6.11. The topological polar surface area (TPSA) is 99.1 Å². The Balaban J connectivity index is 2.02. The minimum absolute atomic E-state index is 0.122.